The first-order chi connectivity index (χ1) is 8.91. The van der Waals surface area contributed by atoms with Gasteiger partial charge in [-0.25, -0.2) is 0 Å². The van der Waals surface area contributed by atoms with Crippen molar-refractivity contribution in [1.82, 2.24) is 0 Å². The van der Waals surface area contributed by atoms with Gasteiger partial charge in [0.05, 0.1) is 0 Å². The van der Waals surface area contributed by atoms with Gasteiger partial charge in [-0.2, -0.15) is 0 Å². The van der Waals surface area contributed by atoms with Gasteiger partial charge >= 0.3 is 5.97 Å². The summed E-state index contributed by atoms with van der Waals surface area (Å²) >= 11 is 0. The van der Waals surface area contributed by atoms with E-state index in [1.54, 1.807) is 6.92 Å². The van der Waals surface area contributed by atoms with Gasteiger partial charge in [0.25, 0.3) is 0 Å². The number of benzene rings is 1. The van der Waals surface area contributed by atoms with Crippen LogP contribution >= 0.6 is 12.4 Å². The fraction of sp³-hybridized carbons (Fsp3) is 0.438. The van der Waals surface area contributed by atoms with E-state index in [4.69, 9.17) is 10.5 Å². The molecule has 1 aromatic carbocycles. The third-order valence-electron chi connectivity index (χ3n) is 3.17. The molecule has 0 saturated heterocycles. The Morgan fingerprint density at radius 2 is 1.85 bits per heavy atom. The minimum Gasteiger partial charge on any atom is -0.461 e. The number of carbonyl (C=O) groups excluding carboxylic acids is 1. The number of rotatable bonds is 6. The molecule has 0 aromatic heterocycles. The maximum Gasteiger partial charge on any atom is 0.322 e. The van der Waals surface area contributed by atoms with Crippen LogP contribution in [0.15, 0.2) is 42.5 Å². The first-order valence-corrected chi connectivity index (χ1v) is 6.57. The van der Waals surface area contributed by atoms with Crippen molar-refractivity contribution in [2.24, 2.45) is 11.7 Å². The zero-order valence-electron chi connectivity index (χ0n) is 12.3. The molecule has 0 spiro atoms. The molecule has 0 fully saturated rings. The van der Waals surface area contributed by atoms with Crippen LogP contribution in [0.4, 0.5) is 0 Å². The van der Waals surface area contributed by atoms with Crippen LogP contribution in [0, 0.1) is 5.92 Å². The minimum absolute atomic E-state index is 0. The maximum absolute atomic E-state index is 11.6. The third kappa shape index (κ3) is 5.76. The van der Waals surface area contributed by atoms with Crippen LogP contribution in [0.25, 0.3) is 0 Å². The zero-order valence-corrected chi connectivity index (χ0v) is 13.2. The lowest BCUT2D eigenvalue weighted by Crippen LogP contribution is -2.34. The first-order valence-electron chi connectivity index (χ1n) is 6.57. The van der Waals surface area contributed by atoms with Crippen molar-refractivity contribution >= 4 is 18.4 Å². The Morgan fingerprint density at radius 1 is 1.30 bits per heavy atom. The van der Waals surface area contributed by atoms with Crippen LogP contribution in [0.2, 0.25) is 0 Å². The Balaban J connectivity index is 0.00000361. The van der Waals surface area contributed by atoms with Crippen molar-refractivity contribution in [3.63, 3.8) is 0 Å². The lowest BCUT2D eigenvalue weighted by atomic mass is 9.89. The third-order valence-corrected chi connectivity index (χ3v) is 3.17. The van der Waals surface area contributed by atoms with Gasteiger partial charge in [0.15, 0.2) is 0 Å². The van der Waals surface area contributed by atoms with Gasteiger partial charge in [-0.15, -0.1) is 12.4 Å². The lowest BCUT2D eigenvalue weighted by molar-refractivity contribution is -0.151. The van der Waals surface area contributed by atoms with E-state index in [1.165, 1.54) is 5.56 Å². The second-order valence-electron chi connectivity index (χ2n) is 5.07. The molecule has 0 radical (unpaired) electrons. The predicted octanol–water partition coefficient (Wildman–Crippen LogP) is 3.12. The largest absolute Gasteiger partial charge is 0.461 e. The number of carbonyl (C=O) groups is 1. The molecule has 2 N–H and O–H groups in total. The van der Waals surface area contributed by atoms with Crippen molar-refractivity contribution in [1.29, 1.82) is 0 Å². The minimum atomic E-state index is -0.593. The summed E-state index contributed by atoms with van der Waals surface area (Å²) in [5, 5.41) is 0. The second kappa shape index (κ2) is 8.77. The van der Waals surface area contributed by atoms with Crippen LogP contribution in [0.1, 0.15) is 26.3 Å². The molecule has 0 aliphatic carbocycles. The van der Waals surface area contributed by atoms with Gasteiger partial charge in [0, 0.05) is 5.92 Å². The summed E-state index contributed by atoms with van der Waals surface area (Å²) in [6.07, 6.45) is 0.583. The smallest absolute Gasteiger partial charge is 0.322 e. The van der Waals surface area contributed by atoms with Crippen LogP contribution in [-0.2, 0) is 16.0 Å². The number of esters is 1. The van der Waals surface area contributed by atoms with Gasteiger partial charge in [-0.3, -0.25) is 4.79 Å². The summed E-state index contributed by atoms with van der Waals surface area (Å²) < 4.78 is 5.38. The molecule has 3 atom stereocenters. The Hall–Kier alpha value is -1.32. The fourth-order valence-electron chi connectivity index (χ4n) is 1.98. The van der Waals surface area contributed by atoms with E-state index in [2.05, 4.69) is 18.7 Å². The molecule has 112 valence electrons. The Labute approximate surface area is 127 Å². The molecule has 0 bridgehead atoms. The highest BCUT2D eigenvalue weighted by Gasteiger charge is 2.23. The van der Waals surface area contributed by atoms with Crippen molar-refractivity contribution < 1.29 is 9.53 Å². The van der Waals surface area contributed by atoms with Crippen molar-refractivity contribution in [3.05, 3.63) is 48.0 Å². The molecule has 0 aliphatic rings. The van der Waals surface area contributed by atoms with Crippen LogP contribution in [0.5, 0.6) is 0 Å². The average molecular weight is 298 g/mol. The lowest BCUT2D eigenvalue weighted by Gasteiger charge is -2.25. The summed E-state index contributed by atoms with van der Waals surface area (Å²) in [7, 11) is 0. The van der Waals surface area contributed by atoms with E-state index in [0.29, 0.717) is 0 Å². The number of hydrogen-bond acceptors (Lipinski definition) is 3. The average Bonchev–Trinajstić information content (AvgIpc) is 2.36. The Bertz CT molecular complexity index is 431. The highest BCUT2D eigenvalue weighted by Crippen LogP contribution is 2.22. The number of hydrogen-bond donors (Lipinski definition) is 1. The standard InChI is InChI=1S/C16H23NO2.ClH/c1-11(2)15(10-14-8-6-5-7-9-14)13(4)19-16(18)12(3)17;/h5-9,12-13,15H,1,10,17H2,2-4H3;1H/t12-,13?,15?;/m0./s1. The summed E-state index contributed by atoms with van der Waals surface area (Å²) in [5.41, 5.74) is 7.73. The molecule has 4 heteroatoms. The molecule has 2 unspecified atom stereocenters. The van der Waals surface area contributed by atoms with Gasteiger partial charge in [-0.1, -0.05) is 42.5 Å². The molecule has 20 heavy (non-hydrogen) atoms. The summed E-state index contributed by atoms with van der Waals surface area (Å²) in [6, 6.07) is 9.53. The molecule has 0 heterocycles. The molecule has 0 amide bonds. The first kappa shape index (κ1) is 18.7. The van der Waals surface area contributed by atoms with E-state index in [9.17, 15) is 4.79 Å². The SMILES string of the molecule is C=C(C)C(Cc1ccccc1)C(C)OC(=O)[C@H](C)N.Cl. The molecule has 0 aliphatic heterocycles. The van der Waals surface area contributed by atoms with E-state index in [0.717, 1.165) is 12.0 Å². The molecule has 1 aromatic rings. The molecule has 0 saturated carbocycles. The Kier molecular flexibility index (Phi) is 8.19. The molecule has 3 nitrogen and oxygen atoms in total. The van der Waals surface area contributed by atoms with E-state index < -0.39 is 6.04 Å². The van der Waals surface area contributed by atoms with Crippen molar-refractivity contribution in [3.8, 4) is 0 Å². The number of ether oxygens (including phenoxy) is 1. The maximum atomic E-state index is 11.6. The molecular weight excluding hydrogens is 274 g/mol. The van der Waals surface area contributed by atoms with Gasteiger partial charge in [-0.05, 0) is 32.8 Å². The van der Waals surface area contributed by atoms with Gasteiger partial charge in [0.2, 0.25) is 0 Å². The fourth-order valence-corrected chi connectivity index (χ4v) is 1.98. The topological polar surface area (TPSA) is 52.3 Å². The number of nitrogens with two attached hydrogens (primary N) is 1. The Morgan fingerprint density at radius 3 is 2.30 bits per heavy atom. The summed E-state index contributed by atoms with van der Waals surface area (Å²) in [5.74, 6) is -0.267. The predicted molar refractivity (Wildman–Crippen MR) is 84.9 cm³/mol. The number of halogens is 1. The van der Waals surface area contributed by atoms with Crippen molar-refractivity contribution in [2.45, 2.75) is 39.3 Å². The highest BCUT2D eigenvalue weighted by atomic mass is 35.5. The summed E-state index contributed by atoms with van der Waals surface area (Å²) in [4.78, 5) is 11.6. The summed E-state index contributed by atoms with van der Waals surface area (Å²) in [6.45, 7) is 9.48. The molecular formula is C16H24ClNO2. The van der Waals surface area contributed by atoms with Gasteiger partial charge < -0.3 is 10.5 Å². The quantitative estimate of drug-likeness (QED) is 0.648. The van der Waals surface area contributed by atoms with E-state index >= 15 is 0 Å². The monoisotopic (exact) mass is 297 g/mol. The normalized spacial score (nSPS) is 14.6. The van der Waals surface area contributed by atoms with Crippen LogP contribution < -0.4 is 5.73 Å². The van der Waals surface area contributed by atoms with Crippen LogP contribution in [0.3, 0.4) is 0 Å². The van der Waals surface area contributed by atoms with Crippen LogP contribution in [-0.4, -0.2) is 18.1 Å². The van der Waals surface area contributed by atoms with E-state index in [-0.39, 0.29) is 30.4 Å². The second-order valence-corrected chi connectivity index (χ2v) is 5.07. The zero-order chi connectivity index (χ0) is 14.4. The van der Waals surface area contributed by atoms with Crippen molar-refractivity contribution in [2.75, 3.05) is 0 Å². The highest BCUT2D eigenvalue weighted by molar-refractivity contribution is 5.85. The molecule has 1 rings (SSSR count). The van der Waals surface area contributed by atoms with Gasteiger partial charge in [0.1, 0.15) is 12.1 Å². The van der Waals surface area contributed by atoms with E-state index in [1.807, 2.05) is 32.0 Å².